The number of carbonyl (C=O) groups excluding carboxylic acids is 1. The maximum atomic E-state index is 12.7. The predicted molar refractivity (Wildman–Crippen MR) is 73.8 cm³/mol. The molecule has 2 heterocycles. The summed E-state index contributed by atoms with van der Waals surface area (Å²) in [5.74, 6) is -0.0531. The highest BCUT2D eigenvalue weighted by Gasteiger charge is 2.70. The van der Waals surface area contributed by atoms with Crippen molar-refractivity contribution in [1.82, 2.24) is 4.90 Å². The molecule has 2 N–H and O–H groups in total. The molecule has 0 aromatic heterocycles. The molecule has 0 aromatic rings. The number of rotatable bonds is 0. The minimum atomic E-state index is -0.928. The van der Waals surface area contributed by atoms with Gasteiger partial charge in [-0.3, -0.25) is 9.69 Å². The Bertz CT molecular complexity index is 502. The second kappa shape index (κ2) is 3.93. The van der Waals surface area contributed by atoms with E-state index in [-0.39, 0.29) is 17.6 Å². The summed E-state index contributed by atoms with van der Waals surface area (Å²) in [7, 11) is 0. The van der Waals surface area contributed by atoms with Crippen LogP contribution in [0.3, 0.4) is 0 Å². The van der Waals surface area contributed by atoms with E-state index in [1.54, 1.807) is 0 Å². The van der Waals surface area contributed by atoms with Gasteiger partial charge in [-0.05, 0) is 31.3 Å². The average molecular weight is 277 g/mol. The van der Waals surface area contributed by atoms with E-state index in [4.69, 9.17) is 0 Å². The minimum Gasteiger partial charge on any atom is -0.389 e. The van der Waals surface area contributed by atoms with Crippen LogP contribution in [0.1, 0.15) is 39.0 Å². The summed E-state index contributed by atoms with van der Waals surface area (Å²) in [6.45, 7) is 3.67. The van der Waals surface area contributed by atoms with Crippen molar-refractivity contribution in [3.8, 4) is 0 Å². The quantitative estimate of drug-likeness (QED) is 0.650. The van der Waals surface area contributed by atoms with Crippen molar-refractivity contribution in [2.24, 2.45) is 17.3 Å². The van der Waals surface area contributed by atoms with Gasteiger partial charge in [0.2, 0.25) is 0 Å². The molecule has 1 spiro atoms. The smallest absolute Gasteiger partial charge is 0.140 e. The molecule has 6 atom stereocenters. The van der Waals surface area contributed by atoms with Gasteiger partial charge in [-0.2, -0.15) is 0 Å². The molecular weight excluding hydrogens is 254 g/mol. The Morgan fingerprint density at radius 2 is 2.20 bits per heavy atom. The number of piperidine rings is 1. The molecule has 2 saturated carbocycles. The summed E-state index contributed by atoms with van der Waals surface area (Å²) in [5, 5.41) is 22.0. The number of hydrogen-bond acceptors (Lipinski definition) is 4. The summed E-state index contributed by atoms with van der Waals surface area (Å²) >= 11 is 0. The van der Waals surface area contributed by atoms with E-state index >= 15 is 0 Å². The van der Waals surface area contributed by atoms with Crippen LogP contribution in [0.2, 0.25) is 0 Å². The minimum absolute atomic E-state index is 0.108. The molecular formula is C16H23NO3. The Morgan fingerprint density at radius 1 is 1.40 bits per heavy atom. The molecule has 0 radical (unpaired) electrons. The molecule has 2 aliphatic heterocycles. The molecule has 110 valence electrons. The third-order valence-corrected chi connectivity index (χ3v) is 6.35. The largest absolute Gasteiger partial charge is 0.389 e. The number of aliphatic hydroxyl groups is 2. The second-order valence-corrected chi connectivity index (χ2v) is 7.14. The first-order chi connectivity index (χ1) is 9.50. The zero-order valence-corrected chi connectivity index (χ0v) is 12.0. The van der Waals surface area contributed by atoms with E-state index in [2.05, 4.69) is 11.0 Å². The first-order valence-electron chi connectivity index (χ1n) is 7.90. The summed E-state index contributed by atoms with van der Waals surface area (Å²) in [5.41, 5.74) is -0.471. The fraction of sp³-hybridized carbons (Fsp3) is 0.812. The molecule has 0 aromatic carbocycles. The van der Waals surface area contributed by atoms with Gasteiger partial charge in [-0.25, -0.2) is 0 Å². The predicted octanol–water partition coefficient (Wildman–Crippen LogP) is 1.08. The number of ketones is 1. The highest BCUT2D eigenvalue weighted by molar-refractivity contribution is 5.87. The zero-order valence-electron chi connectivity index (χ0n) is 12.0. The van der Waals surface area contributed by atoms with Crippen molar-refractivity contribution in [2.75, 3.05) is 13.1 Å². The monoisotopic (exact) mass is 277 g/mol. The molecule has 4 rings (SSSR count). The SMILES string of the molecule is C[C@@H]1C[C@]2(O)N3CCC=C4[C@H](O)C[C@H](C1=O)[C@@]42CCC3. The highest BCUT2D eigenvalue weighted by Crippen LogP contribution is 2.65. The summed E-state index contributed by atoms with van der Waals surface area (Å²) < 4.78 is 0. The van der Waals surface area contributed by atoms with Gasteiger partial charge < -0.3 is 10.2 Å². The standard InChI is InChI=1S/C16H23NO3/c1-10-9-16(20)15-5-3-7-17(16)6-2-4-11(15)13(18)8-12(15)14(10)19/h4,10,12-13,18,20H,2-3,5-9H2,1H3/t10-,12-,13-,15-,16-/m1/s1. The number of nitrogens with zero attached hydrogens (tertiary/aromatic N) is 1. The summed E-state index contributed by atoms with van der Waals surface area (Å²) in [6.07, 6.45) is 5.31. The van der Waals surface area contributed by atoms with Gasteiger partial charge in [-0.1, -0.05) is 13.0 Å². The molecule has 4 heteroatoms. The topological polar surface area (TPSA) is 60.8 Å². The van der Waals surface area contributed by atoms with Gasteiger partial charge in [0.1, 0.15) is 11.5 Å². The molecule has 4 aliphatic rings. The first-order valence-corrected chi connectivity index (χ1v) is 7.90. The Balaban J connectivity index is 1.96. The van der Waals surface area contributed by atoms with E-state index < -0.39 is 17.2 Å². The lowest BCUT2D eigenvalue weighted by atomic mass is 9.54. The lowest BCUT2D eigenvalue weighted by Crippen LogP contribution is -2.69. The maximum absolute atomic E-state index is 12.7. The molecule has 4 nitrogen and oxygen atoms in total. The third-order valence-electron chi connectivity index (χ3n) is 6.35. The second-order valence-electron chi connectivity index (χ2n) is 7.14. The van der Waals surface area contributed by atoms with Crippen LogP contribution in [0.4, 0.5) is 0 Å². The van der Waals surface area contributed by atoms with Crippen molar-refractivity contribution in [3.05, 3.63) is 11.6 Å². The van der Waals surface area contributed by atoms with Crippen LogP contribution in [0, 0.1) is 17.3 Å². The Morgan fingerprint density at radius 3 is 3.00 bits per heavy atom. The van der Waals surface area contributed by atoms with Crippen LogP contribution < -0.4 is 0 Å². The van der Waals surface area contributed by atoms with Crippen LogP contribution in [0.15, 0.2) is 11.6 Å². The molecule has 0 amide bonds. The van der Waals surface area contributed by atoms with Crippen LogP contribution in [0.25, 0.3) is 0 Å². The van der Waals surface area contributed by atoms with Gasteiger partial charge in [0.25, 0.3) is 0 Å². The summed E-state index contributed by atoms with van der Waals surface area (Å²) in [6, 6.07) is 0. The summed E-state index contributed by atoms with van der Waals surface area (Å²) in [4.78, 5) is 14.9. The van der Waals surface area contributed by atoms with Crippen LogP contribution in [-0.2, 0) is 4.79 Å². The van der Waals surface area contributed by atoms with Gasteiger partial charge in [0.05, 0.1) is 6.10 Å². The van der Waals surface area contributed by atoms with E-state index in [0.29, 0.717) is 12.8 Å². The van der Waals surface area contributed by atoms with Gasteiger partial charge >= 0.3 is 0 Å². The van der Waals surface area contributed by atoms with Crippen LogP contribution in [-0.4, -0.2) is 45.8 Å². The fourth-order valence-corrected chi connectivity index (χ4v) is 5.63. The van der Waals surface area contributed by atoms with Crippen molar-refractivity contribution < 1.29 is 15.0 Å². The number of carbonyl (C=O) groups is 1. The van der Waals surface area contributed by atoms with Gasteiger partial charge in [-0.15, -0.1) is 0 Å². The van der Waals surface area contributed by atoms with E-state index in [9.17, 15) is 15.0 Å². The van der Waals surface area contributed by atoms with Crippen molar-refractivity contribution in [1.29, 1.82) is 0 Å². The Kier molecular flexibility index (Phi) is 2.55. The van der Waals surface area contributed by atoms with Crippen molar-refractivity contribution in [3.63, 3.8) is 0 Å². The number of aliphatic hydroxyl groups excluding tert-OH is 1. The average Bonchev–Trinajstić information content (AvgIpc) is 2.67. The van der Waals surface area contributed by atoms with Crippen LogP contribution >= 0.6 is 0 Å². The van der Waals surface area contributed by atoms with Gasteiger partial charge in [0.15, 0.2) is 0 Å². The molecule has 20 heavy (non-hydrogen) atoms. The van der Waals surface area contributed by atoms with E-state index in [1.165, 1.54) is 0 Å². The van der Waals surface area contributed by atoms with Crippen molar-refractivity contribution >= 4 is 5.78 Å². The third kappa shape index (κ3) is 1.26. The normalized spacial score (nSPS) is 54.1. The fourth-order valence-electron chi connectivity index (χ4n) is 5.63. The van der Waals surface area contributed by atoms with E-state index in [0.717, 1.165) is 37.9 Å². The lowest BCUT2D eigenvalue weighted by Gasteiger charge is -2.60. The zero-order chi connectivity index (χ0) is 14.1. The highest BCUT2D eigenvalue weighted by atomic mass is 16.3. The molecule has 2 bridgehead atoms. The Hall–Kier alpha value is -0.710. The molecule has 3 fully saturated rings. The van der Waals surface area contributed by atoms with E-state index in [1.807, 2.05) is 6.92 Å². The number of Topliss-reactive ketones (excluding diaryl/α,β-unsaturated/α-hetero) is 1. The molecule has 1 saturated heterocycles. The maximum Gasteiger partial charge on any atom is 0.140 e. The number of hydrogen-bond donors (Lipinski definition) is 2. The molecule has 2 aliphatic carbocycles. The van der Waals surface area contributed by atoms with Gasteiger partial charge in [0, 0.05) is 36.8 Å². The van der Waals surface area contributed by atoms with Crippen molar-refractivity contribution in [2.45, 2.75) is 50.9 Å². The van der Waals surface area contributed by atoms with Crippen LogP contribution in [0.5, 0.6) is 0 Å². The molecule has 1 unspecified atom stereocenters. The first kappa shape index (κ1) is 13.0. The Labute approximate surface area is 119 Å². The lowest BCUT2D eigenvalue weighted by molar-refractivity contribution is -0.236.